The van der Waals surface area contributed by atoms with Crippen LogP contribution in [0.25, 0.3) is 101 Å². The number of benzene rings is 8. The van der Waals surface area contributed by atoms with E-state index in [1.54, 1.807) is 0 Å². The fourth-order valence-corrected chi connectivity index (χ4v) is 7.44. The molecule has 8 aromatic carbocycles. The van der Waals surface area contributed by atoms with Crippen LogP contribution in [-0.4, -0.2) is 24.9 Å². The molecular weight excluding hydrogens is 731 g/mol. The van der Waals surface area contributed by atoms with Gasteiger partial charge in [0.2, 0.25) is 0 Å². The Morgan fingerprint density at radius 1 is 0.167 bits per heavy atom. The van der Waals surface area contributed by atoms with Crippen LogP contribution in [-0.2, 0) is 0 Å². The van der Waals surface area contributed by atoms with Gasteiger partial charge in [-0.1, -0.05) is 194 Å². The highest BCUT2D eigenvalue weighted by Crippen LogP contribution is 2.36. The van der Waals surface area contributed by atoms with Crippen LogP contribution in [0.1, 0.15) is 0 Å². The van der Waals surface area contributed by atoms with Crippen LogP contribution in [0.2, 0.25) is 0 Å². The summed E-state index contributed by atoms with van der Waals surface area (Å²) < 4.78 is 0. The van der Waals surface area contributed by atoms with Crippen LogP contribution in [0.5, 0.6) is 0 Å². The Morgan fingerprint density at radius 2 is 0.467 bits per heavy atom. The highest BCUT2D eigenvalue weighted by molar-refractivity contribution is 5.83. The third kappa shape index (κ3) is 7.76. The summed E-state index contributed by atoms with van der Waals surface area (Å²) in [4.78, 5) is 25.4. The molecule has 60 heavy (non-hydrogen) atoms. The fourth-order valence-electron chi connectivity index (χ4n) is 7.44. The van der Waals surface area contributed by atoms with Crippen molar-refractivity contribution in [3.05, 3.63) is 224 Å². The van der Waals surface area contributed by atoms with Crippen molar-refractivity contribution in [2.24, 2.45) is 0 Å². The van der Waals surface area contributed by atoms with Gasteiger partial charge < -0.3 is 0 Å². The van der Waals surface area contributed by atoms with Gasteiger partial charge in [-0.05, 0) is 63.7 Å². The summed E-state index contributed by atoms with van der Waals surface area (Å²) in [6, 6.07) is 77.1. The second-order valence-corrected chi connectivity index (χ2v) is 14.6. The van der Waals surface area contributed by atoms with E-state index in [-0.39, 0.29) is 0 Å². The molecule has 10 rings (SSSR count). The summed E-state index contributed by atoms with van der Waals surface area (Å²) in [5.74, 6) is 2.51. The Hall–Kier alpha value is -8.15. The molecule has 2 heterocycles. The van der Waals surface area contributed by atoms with Crippen LogP contribution in [0, 0.1) is 0 Å². The zero-order chi connectivity index (χ0) is 40.1. The minimum atomic E-state index is 0.601. The smallest absolute Gasteiger partial charge is 0.164 e. The lowest BCUT2D eigenvalue weighted by Crippen LogP contribution is -2.00. The van der Waals surface area contributed by atoms with Crippen molar-refractivity contribution in [3.63, 3.8) is 0 Å². The molecule has 0 unspecified atom stereocenters. The van der Waals surface area contributed by atoms with Crippen molar-refractivity contribution in [3.8, 4) is 101 Å². The molecule has 0 radical (unpaired) electrons. The van der Waals surface area contributed by atoms with Crippen LogP contribution in [0.3, 0.4) is 0 Å². The second kappa shape index (κ2) is 16.4. The summed E-state index contributed by atoms with van der Waals surface area (Å²) in [5, 5.41) is 0. The maximum absolute atomic E-state index is 5.21. The van der Waals surface area contributed by atoms with E-state index in [0.29, 0.717) is 23.3 Å². The van der Waals surface area contributed by atoms with Crippen molar-refractivity contribution in [2.45, 2.75) is 0 Å². The first kappa shape index (κ1) is 36.2. The Balaban J connectivity index is 1.10. The molecule has 0 saturated heterocycles. The van der Waals surface area contributed by atoms with E-state index in [2.05, 4.69) is 133 Å². The number of hydrogen-bond donors (Lipinski definition) is 0. The van der Waals surface area contributed by atoms with Crippen molar-refractivity contribution >= 4 is 0 Å². The molecule has 0 aliphatic rings. The monoisotopic (exact) mass is 767 g/mol. The molecule has 282 valence electrons. The first-order chi connectivity index (χ1) is 29.7. The Labute approximate surface area is 349 Å². The summed E-state index contributed by atoms with van der Waals surface area (Å²) in [6.07, 6.45) is 0. The van der Waals surface area contributed by atoms with E-state index in [1.807, 2.05) is 91.0 Å². The second-order valence-electron chi connectivity index (χ2n) is 14.6. The van der Waals surface area contributed by atoms with E-state index in [4.69, 9.17) is 24.9 Å². The molecular formula is C55H37N5. The zero-order valence-electron chi connectivity index (χ0n) is 32.6. The first-order valence-corrected chi connectivity index (χ1v) is 20.0. The maximum Gasteiger partial charge on any atom is 0.164 e. The average Bonchev–Trinajstić information content (AvgIpc) is 3.35. The molecule has 0 amide bonds. The van der Waals surface area contributed by atoms with Crippen molar-refractivity contribution in [2.75, 3.05) is 0 Å². The molecule has 0 atom stereocenters. The van der Waals surface area contributed by atoms with Gasteiger partial charge in [0.25, 0.3) is 0 Å². The number of aromatic nitrogens is 5. The average molecular weight is 768 g/mol. The van der Waals surface area contributed by atoms with Crippen LogP contribution in [0.15, 0.2) is 224 Å². The van der Waals surface area contributed by atoms with Crippen molar-refractivity contribution in [1.29, 1.82) is 0 Å². The Bertz CT molecular complexity index is 2990. The molecule has 2 aromatic heterocycles. The summed E-state index contributed by atoms with van der Waals surface area (Å²) in [6.45, 7) is 0. The molecule has 5 heteroatoms. The SMILES string of the molecule is c1ccc(-c2ccc(-c3nc(-c4ccccc4)cc(-c4cccc(-c5cc(-c6ccccc6)cc(-c6nc(-c7ccccc7)nc(-c7ccccc7)n6)c5)c4)n3)cc2)cc1. The largest absolute Gasteiger partial charge is 0.228 e. The Morgan fingerprint density at radius 3 is 1.00 bits per heavy atom. The van der Waals surface area contributed by atoms with E-state index >= 15 is 0 Å². The minimum absolute atomic E-state index is 0.601. The van der Waals surface area contributed by atoms with E-state index in [9.17, 15) is 0 Å². The third-order valence-electron chi connectivity index (χ3n) is 10.5. The molecule has 0 aliphatic heterocycles. The highest BCUT2D eigenvalue weighted by atomic mass is 15.0. The van der Waals surface area contributed by atoms with E-state index in [1.165, 1.54) is 5.56 Å². The van der Waals surface area contributed by atoms with Crippen LogP contribution in [0.4, 0.5) is 0 Å². The summed E-state index contributed by atoms with van der Waals surface area (Å²) in [7, 11) is 0. The highest BCUT2D eigenvalue weighted by Gasteiger charge is 2.16. The van der Waals surface area contributed by atoms with Gasteiger partial charge in [0.05, 0.1) is 11.4 Å². The molecule has 0 N–H and O–H groups in total. The quantitative estimate of drug-likeness (QED) is 0.146. The molecule has 10 aromatic rings. The fraction of sp³-hybridized carbons (Fsp3) is 0. The first-order valence-electron chi connectivity index (χ1n) is 20.0. The predicted molar refractivity (Wildman–Crippen MR) is 244 cm³/mol. The summed E-state index contributed by atoms with van der Waals surface area (Å²) in [5.41, 5.74) is 14.0. The third-order valence-corrected chi connectivity index (χ3v) is 10.5. The normalized spacial score (nSPS) is 11.0. The van der Waals surface area contributed by atoms with Gasteiger partial charge in [0.1, 0.15) is 0 Å². The molecule has 5 nitrogen and oxygen atoms in total. The van der Waals surface area contributed by atoms with Gasteiger partial charge in [-0.2, -0.15) is 0 Å². The maximum atomic E-state index is 5.21. The predicted octanol–water partition coefficient (Wildman–Crippen LogP) is 13.7. The van der Waals surface area contributed by atoms with Crippen LogP contribution >= 0.6 is 0 Å². The number of hydrogen-bond acceptors (Lipinski definition) is 5. The number of rotatable bonds is 9. The lowest BCUT2D eigenvalue weighted by molar-refractivity contribution is 1.07. The lowest BCUT2D eigenvalue weighted by Gasteiger charge is -2.14. The zero-order valence-corrected chi connectivity index (χ0v) is 32.6. The molecule has 0 bridgehead atoms. The number of nitrogens with zero attached hydrogens (tertiary/aromatic N) is 5. The van der Waals surface area contributed by atoms with E-state index < -0.39 is 0 Å². The minimum Gasteiger partial charge on any atom is -0.228 e. The van der Waals surface area contributed by atoms with Gasteiger partial charge in [0.15, 0.2) is 23.3 Å². The topological polar surface area (TPSA) is 64.5 Å². The van der Waals surface area contributed by atoms with Crippen molar-refractivity contribution in [1.82, 2.24) is 24.9 Å². The molecule has 0 spiro atoms. The van der Waals surface area contributed by atoms with E-state index in [0.717, 1.165) is 72.6 Å². The summed E-state index contributed by atoms with van der Waals surface area (Å²) >= 11 is 0. The molecule has 0 saturated carbocycles. The molecule has 0 fully saturated rings. The van der Waals surface area contributed by atoms with Gasteiger partial charge in [-0.15, -0.1) is 0 Å². The molecule has 0 aliphatic carbocycles. The van der Waals surface area contributed by atoms with Crippen LogP contribution < -0.4 is 0 Å². The van der Waals surface area contributed by atoms with Gasteiger partial charge >= 0.3 is 0 Å². The standard InChI is InChI=1S/C55H37N5/c1-6-17-38(18-7-1)40-29-31-44(32-30-40)52-56-50(41-21-10-3-11-22-41)37-51(57-52)46-28-16-27-45(33-46)48-34-47(39-19-8-2-9-20-39)35-49(36-48)55-59-53(42-23-12-4-13-24-42)58-54(60-55)43-25-14-5-15-26-43/h1-37H. The van der Waals surface area contributed by atoms with Gasteiger partial charge in [0, 0.05) is 33.4 Å². The van der Waals surface area contributed by atoms with Crippen molar-refractivity contribution < 1.29 is 0 Å². The Kier molecular flexibility index (Phi) is 9.88. The van der Waals surface area contributed by atoms with Gasteiger partial charge in [-0.25, -0.2) is 24.9 Å². The lowest BCUT2D eigenvalue weighted by atomic mass is 9.94. The van der Waals surface area contributed by atoms with Gasteiger partial charge in [-0.3, -0.25) is 0 Å².